The van der Waals surface area contributed by atoms with Gasteiger partial charge in [0, 0.05) is 71.9 Å². The van der Waals surface area contributed by atoms with Crippen LogP contribution in [-0.2, 0) is 4.79 Å². The van der Waals surface area contributed by atoms with Crippen LogP contribution in [0.5, 0.6) is 0 Å². The third kappa shape index (κ3) is 6.45. The summed E-state index contributed by atoms with van der Waals surface area (Å²) in [6, 6.07) is 10.4. The molecule has 1 amide bonds. The largest absolute Gasteiger partial charge is 0.340 e. The van der Waals surface area contributed by atoms with Crippen LogP contribution < -0.4 is 0 Å². The number of carbonyl (C=O) groups excluding carboxylic acids is 1. The van der Waals surface area contributed by atoms with E-state index in [0.29, 0.717) is 12.3 Å². The van der Waals surface area contributed by atoms with Gasteiger partial charge in [-0.2, -0.15) is 0 Å². The Bertz CT molecular complexity index is 588. The SMILES string of the molecule is CCN1CCN(CCC(=O)N2CCN(C/C=C/c3ccccc3)CC2)CC1. The molecule has 0 spiro atoms. The quantitative estimate of drug-likeness (QED) is 0.733. The van der Waals surface area contributed by atoms with Crippen molar-refractivity contribution in [2.24, 2.45) is 0 Å². The molecule has 3 rings (SSSR count). The highest BCUT2D eigenvalue weighted by atomic mass is 16.2. The molecule has 1 aromatic rings. The van der Waals surface area contributed by atoms with Crippen LogP contribution in [0.15, 0.2) is 36.4 Å². The monoisotopic (exact) mass is 370 g/mol. The lowest BCUT2D eigenvalue weighted by atomic mass is 10.2. The van der Waals surface area contributed by atoms with Gasteiger partial charge < -0.3 is 14.7 Å². The zero-order chi connectivity index (χ0) is 18.9. The molecule has 0 aromatic heterocycles. The fourth-order valence-electron chi connectivity index (χ4n) is 3.82. The van der Waals surface area contributed by atoms with Crippen molar-refractivity contribution in [3.8, 4) is 0 Å². The molecule has 2 aliphatic heterocycles. The Morgan fingerprint density at radius 1 is 0.889 bits per heavy atom. The fourth-order valence-corrected chi connectivity index (χ4v) is 3.82. The van der Waals surface area contributed by atoms with Gasteiger partial charge in [-0.1, -0.05) is 49.4 Å². The van der Waals surface area contributed by atoms with E-state index in [2.05, 4.69) is 62.9 Å². The second-order valence-electron chi connectivity index (χ2n) is 7.52. The Morgan fingerprint density at radius 3 is 2.19 bits per heavy atom. The predicted molar refractivity (Wildman–Crippen MR) is 112 cm³/mol. The Balaban J connectivity index is 1.31. The number of hydrogen-bond acceptors (Lipinski definition) is 4. The van der Waals surface area contributed by atoms with Gasteiger partial charge in [0.05, 0.1) is 0 Å². The van der Waals surface area contributed by atoms with E-state index in [-0.39, 0.29) is 0 Å². The van der Waals surface area contributed by atoms with Crippen LogP contribution >= 0.6 is 0 Å². The van der Waals surface area contributed by atoms with Gasteiger partial charge in [0.25, 0.3) is 0 Å². The van der Waals surface area contributed by atoms with Gasteiger partial charge in [0.1, 0.15) is 0 Å². The van der Waals surface area contributed by atoms with Crippen molar-refractivity contribution in [2.75, 3.05) is 72.0 Å². The molecule has 0 N–H and O–H groups in total. The first kappa shape index (κ1) is 20.1. The smallest absolute Gasteiger partial charge is 0.223 e. The molecule has 1 aromatic carbocycles. The van der Waals surface area contributed by atoms with E-state index in [1.54, 1.807) is 0 Å². The highest BCUT2D eigenvalue weighted by Gasteiger charge is 2.22. The van der Waals surface area contributed by atoms with Crippen molar-refractivity contribution in [2.45, 2.75) is 13.3 Å². The highest BCUT2D eigenvalue weighted by Crippen LogP contribution is 2.08. The molecule has 2 heterocycles. The minimum absolute atomic E-state index is 0.326. The van der Waals surface area contributed by atoms with Crippen LogP contribution in [0, 0.1) is 0 Å². The lowest BCUT2D eigenvalue weighted by molar-refractivity contribution is -0.133. The topological polar surface area (TPSA) is 30.0 Å². The third-order valence-electron chi connectivity index (χ3n) is 5.75. The molecule has 5 nitrogen and oxygen atoms in total. The lowest BCUT2D eigenvalue weighted by Gasteiger charge is -2.36. The van der Waals surface area contributed by atoms with E-state index >= 15 is 0 Å². The molecular weight excluding hydrogens is 336 g/mol. The summed E-state index contributed by atoms with van der Waals surface area (Å²) in [6.07, 6.45) is 5.07. The van der Waals surface area contributed by atoms with Gasteiger partial charge >= 0.3 is 0 Å². The van der Waals surface area contributed by atoms with Gasteiger partial charge in [0.15, 0.2) is 0 Å². The van der Waals surface area contributed by atoms with Crippen molar-refractivity contribution >= 4 is 12.0 Å². The van der Waals surface area contributed by atoms with Crippen LogP contribution in [0.2, 0.25) is 0 Å². The minimum atomic E-state index is 0.326. The third-order valence-corrected chi connectivity index (χ3v) is 5.75. The van der Waals surface area contributed by atoms with Crippen LogP contribution in [-0.4, -0.2) is 97.5 Å². The Hall–Kier alpha value is -1.69. The highest BCUT2D eigenvalue weighted by molar-refractivity contribution is 5.76. The first-order valence-electron chi connectivity index (χ1n) is 10.4. The standard InChI is InChI=1S/C22H34N4O/c1-2-23-13-15-25(16-14-23)12-10-22(27)26-19-17-24(18-20-26)11-6-9-21-7-4-3-5-8-21/h3-9H,2,10-20H2,1H3/b9-6+. The van der Waals surface area contributed by atoms with E-state index in [1.807, 2.05) is 6.07 Å². The summed E-state index contributed by atoms with van der Waals surface area (Å²) in [4.78, 5) is 21.9. The molecule has 5 heteroatoms. The second-order valence-corrected chi connectivity index (χ2v) is 7.52. The van der Waals surface area contributed by atoms with E-state index in [0.717, 1.165) is 72.0 Å². The maximum absolute atomic E-state index is 12.5. The summed E-state index contributed by atoms with van der Waals surface area (Å²) in [5, 5.41) is 0. The van der Waals surface area contributed by atoms with Gasteiger partial charge in [-0.05, 0) is 12.1 Å². The molecule has 148 valence electrons. The normalized spacial score (nSPS) is 20.4. The van der Waals surface area contributed by atoms with Gasteiger partial charge in [-0.25, -0.2) is 0 Å². The number of piperazine rings is 2. The predicted octanol–water partition coefficient (Wildman–Crippen LogP) is 1.87. The molecule has 0 unspecified atom stereocenters. The summed E-state index contributed by atoms with van der Waals surface area (Å²) in [5.41, 5.74) is 1.24. The minimum Gasteiger partial charge on any atom is -0.340 e. The van der Waals surface area contributed by atoms with E-state index in [1.165, 1.54) is 5.56 Å². The molecule has 2 saturated heterocycles. The van der Waals surface area contributed by atoms with E-state index in [4.69, 9.17) is 0 Å². The number of rotatable bonds is 7. The van der Waals surface area contributed by atoms with Gasteiger partial charge in [-0.3, -0.25) is 9.69 Å². The summed E-state index contributed by atoms with van der Waals surface area (Å²) in [5.74, 6) is 0.326. The van der Waals surface area contributed by atoms with E-state index < -0.39 is 0 Å². The molecule has 0 aliphatic carbocycles. The first-order valence-corrected chi connectivity index (χ1v) is 10.4. The van der Waals surface area contributed by atoms with Crippen LogP contribution in [0.4, 0.5) is 0 Å². The number of benzene rings is 1. The molecule has 0 atom stereocenters. The average molecular weight is 371 g/mol. The summed E-state index contributed by atoms with van der Waals surface area (Å²) < 4.78 is 0. The maximum atomic E-state index is 12.5. The second kappa shape index (κ2) is 10.6. The van der Waals surface area contributed by atoms with Crippen LogP contribution in [0.3, 0.4) is 0 Å². The fraction of sp³-hybridized carbons (Fsp3) is 0.591. The molecular formula is C22H34N4O. The Kier molecular flexibility index (Phi) is 7.87. The zero-order valence-electron chi connectivity index (χ0n) is 16.7. The average Bonchev–Trinajstić information content (AvgIpc) is 2.73. The maximum Gasteiger partial charge on any atom is 0.223 e. The zero-order valence-corrected chi connectivity index (χ0v) is 16.7. The Labute approximate surface area is 164 Å². The van der Waals surface area contributed by atoms with Crippen LogP contribution in [0.1, 0.15) is 18.9 Å². The summed E-state index contributed by atoms with van der Waals surface area (Å²) in [7, 11) is 0. The molecule has 0 bridgehead atoms. The number of carbonyl (C=O) groups is 1. The molecule has 0 radical (unpaired) electrons. The molecule has 2 aliphatic rings. The van der Waals surface area contributed by atoms with Crippen molar-refractivity contribution in [1.82, 2.24) is 19.6 Å². The molecule has 27 heavy (non-hydrogen) atoms. The first-order chi connectivity index (χ1) is 13.2. The lowest BCUT2D eigenvalue weighted by Crippen LogP contribution is -2.50. The van der Waals surface area contributed by atoms with Gasteiger partial charge in [0.2, 0.25) is 5.91 Å². The number of likely N-dealkylation sites (N-methyl/N-ethyl adjacent to an activating group) is 1. The summed E-state index contributed by atoms with van der Waals surface area (Å²) >= 11 is 0. The Morgan fingerprint density at radius 2 is 1.52 bits per heavy atom. The molecule has 0 saturated carbocycles. The van der Waals surface area contributed by atoms with Crippen molar-refractivity contribution in [1.29, 1.82) is 0 Å². The number of nitrogens with zero attached hydrogens (tertiary/aromatic N) is 4. The van der Waals surface area contributed by atoms with Crippen molar-refractivity contribution in [3.63, 3.8) is 0 Å². The molecule has 2 fully saturated rings. The number of amides is 1. The van der Waals surface area contributed by atoms with Crippen LogP contribution in [0.25, 0.3) is 6.08 Å². The van der Waals surface area contributed by atoms with Crippen molar-refractivity contribution < 1.29 is 4.79 Å². The summed E-state index contributed by atoms with van der Waals surface area (Å²) in [6.45, 7) is 13.4. The van der Waals surface area contributed by atoms with E-state index in [9.17, 15) is 4.79 Å². The van der Waals surface area contributed by atoms with Crippen molar-refractivity contribution in [3.05, 3.63) is 42.0 Å². The number of hydrogen-bond donors (Lipinski definition) is 0. The van der Waals surface area contributed by atoms with Gasteiger partial charge in [-0.15, -0.1) is 0 Å².